The summed E-state index contributed by atoms with van der Waals surface area (Å²) in [5, 5.41) is 3.46. The number of piperidine rings is 1. The van der Waals surface area contributed by atoms with Crippen molar-refractivity contribution in [3.63, 3.8) is 0 Å². The number of hydrogen-bond donors (Lipinski definition) is 1. The predicted molar refractivity (Wildman–Crippen MR) is 86.4 cm³/mol. The molecule has 5 nitrogen and oxygen atoms in total. The van der Waals surface area contributed by atoms with E-state index in [-0.39, 0.29) is 5.91 Å². The zero-order valence-corrected chi connectivity index (χ0v) is 14.1. The lowest BCUT2D eigenvalue weighted by molar-refractivity contribution is -0.133. The van der Waals surface area contributed by atoms with Crippen LogP contribution >= 0.6 is 15.9 Å². The lowest BCUT2D eigenvalue weighted by Crippen LogP contribution is -2.42. The van der Waals surface area contributed by atoms with E-state index < -0.39 is 0 Å². The molecule has 21 heavy (non-hydrogen) atoms. The molecule has 2 rings (SSSR count). The molecule has 2 heterocycles. The molecule has 1 fully saturated rings. The molecule has 0 bridgehead atoms. The number of ether oxygens (including phenoxy) is 1. The zero-order valence-electron chi connectivity index (χ0n) is 12.6. The van der Waals surface area contributed by atoms with Gasteiger partial charge in [-0.2, -0.15) is 0 Å². The summed E-state index contributed by atoms with van der Waals surface area (Å²) in [7, 11) is 1.62. The number of halogens is 1. The molecule has 1 amide bonds. The fourth-order valence-electron chi connectivity index (χ4n) is 2.45. The number of aromatic nitrogens is 1. The van der Waals surface area contributed by atoms with E-state index in [1.54, 1.807) is 7.11 Å². The van der Waals surface area contributed by atoms with Crippen LogP contribution in [0.1, 0.15) is 25.0 Å². The van der Waals surface area contributed by atoms with Gasteiger partial charge in [-0.3, -0.25) is 4.79 Å². The lowest BCUT2D eigenvalue weighted by Gasteiger charge is -2.32. The van der Waals surface area contributed by atoms with E-state index in [0.29, 0.717) is 19.1 Å². The Hall–Kier alpha value is -1.14. The molecule has 0 aliphatic carbocycles. The molecule has 6 heteroatoms. The molecule has 1 aromatic heterocycles. The van der Waals surface area contributed by atoms with Gasteiger partial charge in [-0.15, -0.1) is 0 Å². The van der Waals surface area contributed by atoms with Crippen molar-refractivity contribution in [2.24, 2.45) is 0 Å². The Bertz CT molecular complexity index is 488. The van der Waals surface area contributed by atoms with Gasteiger partial charge in [-0.1, -0.05) is 0 Å². The van der Waals surface area contributed by atoms with Gasteiger partial charge in [0.05, 0.1) is 18.7 Å². The van der Waals surface area contributed by atoms with Crippen molar-refractivity contribution in [1.29, 1.82) is 0 Å². The number of hydrogen-bond acceptors (Lipinski definition) is 4. The second-order valence-corrected chi connectivity index (χ2v) is 6.16. The Morgan fingerprint density at radius 1 is 1.48 bits per heavy atom. The molecular formula is C15H22BrN3O2. The van der Waals surface area contributed by atoms with E-state index >= 15 is 0 Å². The molecule has 1 N–H and O–H groups in total. The summed E-state index contributed by atoms with van der Waals surface area (Å²) in [6, 6.07) is 4.37. The number of methoxy groups -OCH3 is 1. The van der Waals surface area contributed by atoms with Gasteiger partial charge in [0, 0.05) is 30.7 Å². The largest absolute Gasteiger partial charge is 0.384 e. The summed E-state index contributed by atoms with van der Waals surface area (Å²) >= 11 is 3.45. The molecule has 1 aliphatic heterocycles. The van der Waals surface area contributed by atoms with Crippen LogP contribution in [0.2, 0.25) is 0 Å². The number of nitrogens with zero attached hydrogens (tertiary/aromatic N) is 2. The van der Waals surface area contributed by atoms with Crippen molar-refractivity contribution in [2.45, 2.75) is 32.2 Å². The molecule has 0 saturated carbocycles. The number of rotatable bonds is 5. The van der Waals surface area contributed by atoms with E-state index in [9.17, 15) is 4.79 Å². The Morgan fingerprint density at radius 2 is 2.19 bits per heavy atom. The normalized spacial score (nSPS) is 16.0. The van der Waals surface area contributed by atoms with Crippen molar-refractivity contribution in [1.82, 2.24) is 9.88 Å². The Labute approximate surface area is 134 Å². The van der Waals surface area contributed by atoms with Crippen LogP contribution in [-0.4, -0.2) is 48.6 Å². The molecular weight excluding hydrogens is 334 g/mol. The topological polar surface area (TPSA) is 54.5 Å². The maximum atomic E-state index is 11.9. The highest BCUT2D eigenvalue weighted by Gasteiger charge is 2.22. The minimum Gasteiger partial charge on any atom is -0.384 e. The smallest absolute Gasteiger partial charge is 0.224 e. The minimum absolute atomic E-state index is 0.188. The molecule has 0 aromatic carbocycles. The highest BCUT2D eigenvalue weighted by Crippen LogP contribution is 2.19. The second kappa shape index (κ2) is 7.75. The van der Waals surface area contributed by atoms with E-state index in [4.69, 9.17) is 4.74 Å². The summed E-state index contributed by atoms with van der Waals surface area (Å²) < 4.78 is 5.97. The first-order valence-corrected chi connectivity index (χ1v) is 8.06. The average molecular weight is 356 g/mol. The number of pyridine rings is 1. The standard InChI is InChI=1S/C15H22BrN3O2/c1-11-13(16)3-4-14(17-11)18-12-5-8-19(9-6-12)15(20)7-10-21-2/h3-4,12H,5-10H2,1-2H3,(H,17,18). The monoisotopic (exact) mass is 355 g/mol. The molecule has 0 radical (unpaired) electrons. The predicted octanol–water partition coefficient (Wildman–Crippen LogP) is 2.59. The Kier molecular flexibility index (Phi) is 5.99. The number of likely N-dealkylation sites (tertiary alicyclic amines) is 1. The molecule has 1 aliphatic rings. The maximum Gasteiger partial charge on any atom is 0.224 e. The number of carbonyl (C=O) groups excluding carboxylic acids is 1. The number of aryl methyl sites for hydroxylation is 1. The van der Waals surface area contributed by atoms with Gasteiger partial charge in [-0.25, -0.2) is 4.98 Å². The van der Waals surface area contributed by atoms with Crippen LogP contribution in [0.3, 0.4) is 0 Å². The van der Waals surface area contributed by atoms with Crippen LogP contribution in [0.5, 0.6) is 0 Å². The lowest BCUT2D eigenvalue weighted by atomic mass is 10.0. The summed E-state index contributed by atoms with van der Waals surface area (Å²) in [5.74, 6) is 1.09. The fourth-order valence-corrected chi connectivity index (χ4v) is 2.68. The summed E-state index contributed by atoms with van der Waals surface area (Å²) in [5.41, 5.74) is 0.979. The first kappa shape index (κ1) is 16.2. The highest BCUT2D eigenvalue weighted by molar-refractivity contribution is 9.10. The molecule has 1 saturated heterocycles. The molecule has 1 aromatic rings. The van der Waals surface area contributed by atoms with E-state index in [0.717, 1.165) is 41.9 Å². The van der Waals surface area contributed by atoms with Gasteiger partial charge < -0.3 is 15.0 Å². The van der Waals surface area contributed by atoms with Gasteiger partial charge in [0.1, 0.15) is 5.82 Å². The Morgan fingerprint density at radius 3 is 2.81 bits per heavy atom. The number of nitrogens with one attached hydrogen (secondary N) is 1. The second-order valence-electron chi connectivity index (χ2n) is 5.31. The van der Waals surface area contributed by atoms with Gasteiger partial charge in [0.25, 0.3) is 0 Å². The number of carbonyl (C=O) groups is 1. The van der Waals surface area contributed by atoms with Crippen molar-refractivity contribution >= 4 is 27.7 Å². The number of amides is 1. The maximum absolute atomic E-state index is 11.9. The van der Waals surface area contributed by atoms with Crippen LogP contribution in [0.15, 0.2) is 16.6 Å². The van der Waals surface area contributed by atoms with Crippen LogP contribution < -0.4 is 5.32 Å². The van der Waals surface area contributed by atoms with Gasteiger partial charge in [0.2, 0.25) is 5.91 Å². The van der Waals surface area contributed by atoms with Crippen molar-refractivity contribution < 1.29 is 9.53 Å². The molecule has 116 valence electrons. The van der Waals surface area contributed by atoms with Crippen LogP contribution in [-0.2, 0) is 9.53 Å². The Balaban J connectivity index is 1.81. The summed E-state index contributed by atoms with van der Waals surface area (Å²) in [6.45, 7) is 4.08. The number of anilines is 1. The third-order valence-corrected chi connectivity index (χ3v) is 4.58. The van der Waals surface area contributed by atoms with Crippen molar-refractivity contribution in [3.05, 3.63) is 22.3 Å². The van der Waals surface area contributed by atoms with Crippen molar-refractivity contribution in [3.8, 4) is 0 Å². The fraction of sp³-hybridized carbons (Fsp3) is 0.600. The quantitative estimate of drug-likeness (QED) is 0.881. The van der Waals surface area contributed by atoms with Gasteiger partial charge in [0.15, 0.2) is 0 Å². The third kappa shape index (κ3) is 4.68. The first-order valence-electron chi connectivity index (χ1n) is 7.26. The van der Waals surface area contributed by atoms with Crippen LogP contribution in [0, 0.1) is 6.92 Å². The zero-order chi connectivity index (χ0) is 15.2. The summed E-state index contributed by atoms with van der Waals surface area (Å²) in [6.07, 6.45) is 2.38. The first-order chi connectivity index (χ1) is 10.1. The molecule has 0 unspecified atom stereocenters. The van der Waals surface area contributed by atoms with Gasteiger partial charge >= 0.3 is 0 Å². The summed E-state index contributed by atoms with van der Waals surface area (Å²) in [4.78, 5) is 18.3. The van der Waals surface area contributed by atoms with Crippen LogP contribution in [0.4, 0.5) is 5.82 Å². The van der Waals surface area contributed by atoms with E-state index in [2.05, 4.69) is 26.2 Å². The average Bonchev–Trinajstić information content (AvgIpc) is 2.49. The van der Waals surface area contributed by atoms with Gasteiger partial charge in [-0.05, 0) is 47.8 Å². The molecule has 0 spiro atoms. The third-order valence-electron chi connectivity index (χ3n) is 3.74. The highest BCUT2D eigenvalue weighted by atomic mass is 79.9. The van der Waals surface area contributed by atoms with E-state index in [1.165, 1.54) is 0 Å². The SMILES string of the molecule is COCCC(=O)N1CCC(Nc2ccc(Br)c(C)n2)CC1. The van der Waals surface area contributed by atoms with E-state index in [1.807, 2.05) is 24.0 Å². The molecule has 0 atom stereocenters. The van der Waals surface area contributed by atoms with Crippen molar-refractivity contribution in [2.75, 3.05) is 32.1 Å². The minimum atomic E-state index is 0.188. The van der Waals surface area contributed by atoms with Crippen LogP contribution in [0.25, 0.3) is 0 Å².